The third kappa shape index (κ3) is 1.84. The van der Waals surface area contributed by atoms with Gasteiger partial charge in [0.05, 0.1) is 0 Å². The van der Waals surface area contributed by atoms with Crippen LogP contribution >= 0.6 is 0 Å². The van der Waals surface area contributed by atoms with Gasteiger partial charge in [0, 0.05) is 18.8 Å². The van der Waals surface area contributed by atoms with Gasteiger partial charge in [-0.05, 0) is 24.1 Å². The van der Waals surface area contributed by atoms with Crippen LogP contribution in [0.25, 0.3) is 11.1 Å². The Labute approximate surface area is 88.8 Å². The first-order valence-corrected chi connectivity index (χ1v) is 4.91. The first-order valence-electron chi connectivity index (χ1n) is 4.91. The molecule has 0 fully saturated rings. The molecule has 1 aromatic carbocycles. The number of benzene rings is 1. The van der Waals surface area contributed by atoms with Crippen molar-refractivity contribution in [3.8, 4) is 11.1 Å². The summed E-state index contributed by atoms with van der Waals surface area (Å²) in [4.78, 5) is 11.6. The molecule has 0 saturated carbocycles. The molecule has 0 aliphatic heterocycles. The van der Waals surface area contributed by atoms with E-state index in [1.807, 2.05) is 43.3 Å². The zero-order chi connectivity index (χ0) is 10.8. The number of aryl methyl sites for hydroxylation is 1. The fourth-order valence-corrected chi connectivity index (χ4v) is 1.56. The monoisotopic (exact) mass is 199 g/mol. The average Bonchev–Trinajstić information content (AvgIpc) is 2.26. The Morgan fingerprint density at radius 1 is 1.00 bits per heavy atom. The molecule has 0 aliphatic carbocycles. The first-order chi connectivity index (χ1) is 7.18. The van der Waals surface area contributed by atoms with E-state index in [2.05, 4.69) is 0 Å². The molecule has 0 saturated heterocycles. The smallest absolute Gasteiger partial charge is 0.251 e. The van der Waals surface area contributed by atoms with Crippen LogP contribution in [-0.4, -0.2) is 4.57 Å². The first kappa shape index (κ1) is 9.71. The molecule has 0 spiro atoms. The predicted molar refractivity (Wildman–Crippen MR) is 61.9 cm³/mol. The molecule has 0 bridgehead atoms. The highest BCUT2D eigenvalue weighted by atomic mass is 16.1. The third-order valence-electron chi connectivity index (χ3n) is 2.61. The lowest BCUT2D eigenvalue weighted by Gasteiger charge is -2.06. The second kappa shape index (κ2) is 3.73. The summed E-state index contributed by atoms with van der Waals surface area (Å²) in [6, 6.07) is 13.6. The van der Waals surface area contributed by atoms with Crippen LogP contribution < -0.4 is 5.56 Å². The quantitative estimate of drug-likeness (QED) is 0.691. The van der Waals surface area contributed by atoms with Gasteiger partial charge in [0.2, 0.25) is 0 Å². The van der Waals surface area contributed by atoms with E-state index < -0.39 is 0 Å². The van der Waals surface area contributed by atoms with E-state index in [1.54, 1.807) is 17.7 Å². The van der Waals surface area contributed by atoms with Crippen molar-refractivity contribution in [2.75, 3.05) is 0 Å². The van der Waals surface area contributed by atoms with Gasteiger partial charge >= 0.3 is 0 Å². The Morgan fingerprint density at radius 3 is 2.27 bits per heavy atom. The van der Waals surface area contributed by atoms with Crippen LogP contribution in [0.15, 0.2) is 47.3 Å². The Hall–Kier alpha value is -1.83. The molecule has 2 aromatic rings. The maximum atomic E-state index is 11.6. The largest absolute Gasteiger partial charge is 0.316 e. The van der Waals surface area contributed by atoms with E-state index in [0.29, 0.717) is 0 Å². The van der Waals surface area contributed by atoms with Gasteiger partial charge in [-0.3, -0.25) is 4.79 Å². The molecule has 0 aliphatic rings. The van der Waals surface area contributed by atoms with E-state index in [4.69, 9.17) is 0 Å². The molecule has 0 radical (unpaired) electrons. The van der Waals surface area contributed by atoms with Gasteiger partial charge in [-0.2, -0.15) is 0 Å². The highest BCUT2D eigenvalue weighted by Gasteiger charge is 2.01. The lowest BCUT2D eigenvalue weighted by Crippen LogP contribution is -2.17. The molecular weight excluding hydrogens is 186 g/mol. The minimum Gasteiger partial charge on any atom is -0.316 e. The van der Waals surface area contributed by atoms with Gasteiger partial charge in [-0.25, -0.2) is 0 Å². The molecule has 1 aromatic heterocycles. The molecule has 0 amide bonds. The van der Waals surface area contributed by atoms with Crippen LogP contribution in [0.1, 0.15) is 5.69 Å². The van der Waals surface area contributed by atoms with Crippen molar-refractivity contribution in [2.45, 2.75) is 6.92 Å². The van der Waals surface area contributed by atoms with Gasteiger partial charge in [0.15, 0.2) is 0 Å². The normalized spacial score (nSPS) is 10.3. The molecule has 15 heavy (non-hydrogen) atoms. The van der Waals surface area contributed by atoms with E-state index in [9.17, 15) is 4.79 Å². The van der Waals surface area contributed by atoms with Crippen molar-refractivity contribution >= 4 is 0 Å². The fourth-order valence-electron chi connectivity index (χ4n) is 1.56. The number of aromatic nitrogens is 1. The minimum absolute atomic E-state index is 0.0360. The molecule has 2 nitrogen and oxygen atoms in total. The summed E-state index contributed by atoms with van der Waals surface area (Å²) >= 11 is 0. The Kier molecular flexibility index (Phi) is 2.42. The van der Waals surface area contributed by atoms with Crippen LogP contribution in [0.4, 0.5) is 0 Å². The maximum absolute atomic E-state index is 11.6. The van der Waals surface area contributed by atoms with Gasteiger partial charge in [-0.15, -0.1) is 0 Å². The molecular formula is C13H13NO. The van der Waals surface area contributed by atoms with Gasteiger partial charge in [-0.1, -0.05) is 30.3 Å². The zero-order valence-electron chi connectivity index (χ0n) is 8.90. The second-order valence-corrected chi connectivity index (χ2v) is 3.65. The van der Waals surface area contributed by atoms with Crippen molar-refractivity contribution < 1.29 is 0 Å². The van der Waals surface area contributed by atoms with Crippen molar-refractivity contribution in [1.82, 2.24) is 4.57 Å². The number of rotatable bonds is 1. The zero-order valence-corrected chi connectivity index (χ0v) is 8.90. The van der Waals surface area contributed by atoms with Crippen LogP contribution in [0.2, 0.25) is 0 Å². The summed E-state index contributed by atoms with van der Waals surface area (Å²) in [7, 11) is 1.78. The molecule has 0 atom stereocenters. The summed E-state index contributed by atoms with van der Waals surface area (Å²) in [5.41, 5.74) is 3.07. The van der Waals surface area contributed by atoms with Crippen molar-refractivity contribution in [3.63, 3.8) is 0 Å². The van der Waals surface area contributed by atoms with Crippen LogP contribution in [0.5, 0.6) is 0 Å². The Balaban J connectivity index is 2.61. The molecule has 2 rings (SSSR count). The molecule has 0 N–H and O–H groups in total. The van der Waals surface area contributed by atoms with E-state index in [0.717, 1.165) is 16.8 Å². The third-order valence-corrected chi connectivity index (χ3v) is 2.61. The standard InChI is InChI=1S/C13H13NO/c1-10-8-12(9-13(15)14(10)2)11-6-4-3-5-7-11/h3-9H,1-2H3. The van der Waals surface area contributed by atoms with Crippen molar-refractivity contribution in [2.24, 2.45) is 7.05 Å². The maximum Gasteiger partial charge on any atom is 0.251 e. The molecule has 2 heteroatoms. The van der Waals surface area contributed by atoms with E-state index >= 15 is 0 Å². The summed E-state index contributed by atoms with van der Waals surface area (Å²) in [6.45, 7) is 1.94. The lowest BCUT2D eigenvalue weighted by atomic mass is 10.1. The second-order valence-electron chi connectivity index (χ2n) is 3.65. The number of pyridine rings is 1. The number of nitrogens with zero attached hydrogens (tertiary/aromatic N) is 1. The summed E-state index contributed by atoms with van der Waals surface area (Å²) in [6.07, 6.45) is 0. The number of hydrogen-bond acceptors (Lipinski definition) is 1. The van der Waals surface area contributed by atoms with Crippen molar-refractivity contribution in [3.05, 3.63) is 58.5 Å². The summed E-state index contributed by atoms with van der Waals surface area (Å²) < 4.78 is 1.65. The highest BCUT2D eigenvalue weighted by Crippen LogP contribution is 2.17. The highest BCUT2D eigenvalue weighted by molar-refractivity contribution is 5.63. The fraction of sp³-hybridized carbons (Fsp3) is 0.154. The average molecular weight is 199 g/mol. The van der Waals surface area contributed by atoms with Gasteiger partial charge < -0.3 is 4.57 Å². The van der Waals surface area contributed by atoms with Gasteiger partial charge in [0.1, 0.15) is 0 Å². The topological polar surface area (TPSA) is 22.0 Å². The van der Waals surface area contributed by atoms with Crippen LogP contribution in [0.3, 0.4) is 0 Å². The Morgan fingerprint density at radius 2 is 1.67 bits per heavy atom. The lowest BCUT2D eigenvalue weighted by molar-refractivity contribution is 0.820. The van der Waals surface area contributed by atoms with Gasteiger partial charge in [0.25, 0.3) is 5.56 Å². The SMILES string of the molecule is Cc1cc(-c2ccccc2)cc(=O)n1C. The van der Waals surface area contributed by atoms with E-state index in [-0.39, 0.29) is 5.56 Å². The molecule has 76 valence electrons. The van der Waals surface area contributed by atoms with Crippen molar-refractivity contribution in [1.29, 1.82) is 0 Å². The summed E-state index contributed by atoms with van der Waals surface area (Å²) in [5, 5.41) is 0. The molecule has 1 heterocycles. The molecule has 0 unspecified atom stereocenters. The predicted octanol–water partition coefficient (Wildman–Crippen LogP) is 2.36. The summed E-state index contributed by atoms with van der Waals surface area (Å²) in [5.74, 6) is 0. The minimum atomic E-state index is 0.0360. The van der Waals surface area contributed by atoms with E-state index in [1.165, 1.54) is 0 Å². The Bertz CT molecular complexity index is 526. The number of hydrogen-bond donors (Lipinski definition) is 0. The van der Waals surface area contributed by atoms with Crippen LogP contribution in [-0.2, 0) is 7.05 Å². The van der Waals surface area contributed by atoms with Crippen LogP contribution in [0, 0.1) is 6.92 Å².